The molecule has 2 aromatic rings. The maximum Gasteiger partial charge on any atom is 0.230 e. The molecule has 2 rings (SSSR count). The Morgan fingerprint density at radius 1 is 1.42 bits per heavy atom. The number of aromatic nitrogens is 3. The van der Waals surface area contributed by atoms with Crippen molar-refractivity contribution in [3.63, 3.8) is 0 Å². The van der Waals surface area contributed by atoms with Crippen LogP contribution in [0, 0.1) is 11.3 Å². The average Bonchev–Trinajstić information content (AvgIpc) is 3.03. The van der Waals surface area contributed by atoms with E-state index >= 15 is 0 Å². The van der Waals surface area contributed by atoms with E-state index in [4.69, 9.17) is 21.6 Å². The number of benzene rings is 1. The maximum atomic E-state index is 11.9. The van der Waals surface area contributed by atoms with E-state index < -0.39 is 0 Å². The molecule has 0 atom stereocenters. The quantitative estimate of drug-likeness (QED) is 0.492. The fourth-order valence-corrected chi connectivity index (χ4v) is 3.26. The summed E-state index contributed by atoms with van der Waals surface area (Å²) in [7, 11) is 1.66. The van der Waals surface area contributed by atoms with E-state index in [0.29, 0.717) is 42.1 Å². The van der Waals surface area contributed by atoms with E-state index in [-0.39, 0.29) is 11.7 Å². The Hall–Kier alpha value is -2.08. The molecule has 1 aromatic heterocycles. The van der Waals surface area contributed by atoms with Gasteiger partial charge in [-0.15, -0.1) is 10.2 Å². The van der Waals surface area contributed by atoms with Crippen LogP contribution >= 0.6 is 23.4 Å². The van der Waals surface area contributed by atoms with Crippen molar-refractivity contribution < 1.29 is 9.53 Å². The van der Waals surface area contributed by atoms with Gasteiger partial charge in [0.05, 0.1) is 23.3 Å². The summed E-state index contributed by atoms with van der Waals surface area (Å²) in [6.45, 7) is 1.61. The fourth-order valence-electron chi connectivity index (χ4n) is 2.24. The summed E-state index contributed by atoms with van der Waals surface area (Å²) in [5.74, 6) is 0.728. The van der Waals surface area contributed by atoms with E-state index in [2.05, 4.69) is 15.5 Å². The van der Waals surface area contributed by atoms with Crippen LogP contribution in [0.2, 0.25) is 5.02 Å². The van der Waals surface area contributed by atoms with E-state index in [9.17, 15) is 4.79 Å². The molecule has 0 bridgehead atoms. The number of amides is 1. The highest BCUT2D eigenvalue weighted by Crippen LogP contribution is 2.29. The second-order valence-corrected chi connectivity index (χ2v) is 6.68. The molecule has 7 nitrogen and oxygen atoms in total. The van der Waals surface area contributed by atoms with Gasteiger partial charge in [0.1, 0.15) is 0 Å². The van der Waals surface area contributed by atoms with Gasteiger partial charge in [-0.05, 0) is 18.6 Å². The molecule has 0 saturated heterocycles. The molecular formula is C17H20ClN5O2S. The first kappa shape index (κ1) is 20.2. The van der Waals surface area contributed by atoms with Gasteiger partial charge in [0.2, 0.25) is 5.91 Å². The Morgan fingerprint density at radius 2 is 2.23 bits per heavy atom. The van der Waals surface area contributed by atoms with Gasteiger partial charge in [-0.1, -0.05) is 35.5 Å². The van der Waals surface area contributed by atoms with Gasteiger partial charge in [0.25, 0.3) is 0 Å². The van der Waals surface area contributed by atoms with Gasteiger partial charge in [-0.2, -0.15) is 5.26 Å². The van der Waals surface area contributed by atoms with Crippen LogP contribution in [0.3, 0.4) is 0 Å². The lowest BCUT2D eigenvalue weighted by molar-refractivity contribution is -0.118. The Labute approximate surface area is 161 Å². The van der Waals surface area contributed by atoms with Crippen molar-refractivity contribution in [1.29, 1.82) is 5.26 Å². The zero-order chi connectivity index (χ0) is 18.8. The monoisotopic (exact) mass is 393 g/mol. The van der Waals surface area contributed by atoms with Gasteiger partial charge >= 0.3 is 0 Å². The van der Waals surface area contributed by atoms with Crippen LogP contribution in [0.1, 0.15) is 12.8 Å². The van der Waals surface area contributed by atoms with E-state index in [0.717, 1.165) is 12.0 Å². The highest BCUT2D eigenvalue weighted by molar-refractivity contribution is 7.99. The predicted octanol–water partition coefficient (Wildman–Crippen LogP) is 2.76. The van der Waals surface area contributed by atoms with E-state index in [1.807, 2.05) is 28.8 Å². The van der Waals surface area contributed by atoms with Crippen molar-refractivity contribution in [2.24, 2.45) is 0 Å². The summed E-state index contributed by atoms with van der Waals surface area (Å²) in [4.78, 5) is 11.9. The lowest BCUT2D eigenvalue weighted by Crippen LogP contribution is -2.26. The number of carbonyl (C=O) groups is 1. The first-order chi connectivity index (χ1) is 12.7. The zero-order valence-corrected chi connectivity index (χ0v) is 16.0. The molecule has 1 N–H and O–H groups in total. The molecule has 1 aromatic carbocycles. The molecule has 0 radical (unpaired) electrons. The molecule has 0 unspecified atom stereocenters. The van der Waals surface area contributed by atoms with Crippen molar-refractivity contribution in [3.8, 4) is 17.5 Å². The summed E-state index contributed by atoms with van der Waals surface area (Å²) in [6, 6.07) is 9.44. The lowest BCUT2D eigenvalue weighted by Gasteiger charge is -2.11. The normalized spacial score (nSPS) is 10.5. The van der Waals surface area contributed by atoms with Crippen molar-refractivity contribution in [3.05, 3.63) is 29.3 Å². The first-order valence-electron chi connectivity index (χ1n) is 8.11. The van der Waals surface area contributed by atoms with Crippen LogP contribution in [-0.4, -0.2) is 46.7 Å². The van der Waals surface area contributed by atoms with Gasteiger partial charge in [-0.3, -0.25) is 4.79 Å². The minimum Gasteiger partial charge on any atom is -0.385 e. The topological polar surface area (TPSA) is 92.8 Å². The standard InChI is InChI=1S/C17H20ClN5O2S/c1-25-11-5-10-23-16(13-6-2-3-7-14(13)18)21-22-17(23)26-12-15(24)20-9-4-8-19/h2-3,6-7H,4-5,9-12H2,1H3,(H,20,24). The third-order valence-corrected chi connectivity index (χ3v) is 4.75. The summed E-state index contributed by atoms with van der Waals surface area (Å²) in [5.41, 5.74) is 0.796. The number of nitrogens with zero attached hydrogens (tertiary/aromatic N) is 4. The van der Waals surface area contributed by atoms with Gasteiger partial charge in [0, 0.05) is 32.4 Å². The first-order valence-corrected chi connectivity index (χ1v) is 9.47. The van der Waals surface area contributed by atoms with Gasteiger partial charge in [0.15, 0.2) is 11.0 Å². The molecule has 0 fully saturated rings. The zero-order valence-electron chi connectivity index (χ0n) is 14.4. The summed E-state index contributed by atoms with van der Waals surface area (Å²) < 4.78 is 7.08. The maximum absolute atomic E-state index is 11.9. The molecule has 0 saturated carbocycles. The fraction of sp³-hybridized carbons (Fsp3) is 0.412. The number of hydrogen-bond donors (Lipinski definition) is 1. The lowest BCUT2D eigenvalue weighted by atomic mass is 10.2. The number of halogens is 1. The van der Waals surface area contributed by atoms with Crippen LogP contribution in [0.15, 0.2) is 29.4 Å². The number of hydrogen-bond acceptors (Lipinski definition) is 6. The Bertz CT molecular complexity index is 775. The van der Waals surface area contributed by atoms with E-state index in [1.165, 1.54) is 11.8 Å². The third kappa shape index (κ3) is 5.73. The van der Waals surface area contributed by atoms with Crippen molar-refractivity contribution in [1.82, 2.24) is 20.1 Å². The largest absolute Gasteiger partial charge is 0.385 e. The molecule has 26 heavy (non-hydrogen) atoms. The third-order valence-electron chi connectivity index (χ3n) is 3.45. The molecule has 1 heterocycles. The van der Waals surface area contributed by atoms with Crippen molar-refractivity contribution in [2.75, 3.05) is 26.0 Å². The molecule has 138 valence electrons. The van der Waals surface area contributed by atoms with Crippen LogP contribution in [-0.2, 0) is 16.1 Å². The van der Waals surface area contributed by atoms with E-state index in [1.54, 1.807) is 13.2 Å². The molecule has 1 amide bonds. The SMILES string of the molecule is COCCCn1c(SCC(=O)NCCC#N)nnc1-c1ccccc1Cl. The second-order valence-electron chi connectivity index (χ2n) is 5.33. The summed E-state index contributed by atoms with van der Waals surface area (Å²) >= 11 is 7.60. The Balaban J connectivity index is 2.14. The van der Waals surface area contributed by atoms with Gasteiger partial charge < -0.3 is 14.6 Å². The molecule has 0 aliphatic heterocycles. The van der Waals surface area contributed by atoms with Gasteiger partial charge in [-0.25, -0.2) is 0 Å². The van der Waals surface area contributed by atoms with Crippen molar-refractivity contribution in [2.45, 2.75) is 24.5 Å². The number of nitrogens with one attached hydrogen (secondary N) is 1. The number of ether oxygens (including phenoxy) is 1. The summed E-state index contributed by atoms with van der Waals surface area (Å²) in [6.07, 6.45) is 1.08. The Morgan fingerprint density at radius 3 is 2.96 bits per heavy atom. The van der Waals surface area contributed by atoms with Crippen LogP contribution in [0.4, 0.5) is 0 Å². The molecule has 0 spiro atoms. The summed E-state index contributed by atoms with van der Waals surface area (Å²) in [5, 5.41) is 20.9. The molecule has 0 aliphatic rings. The Kier molecular flexibility index (Phi) is 8.41. The number of methoxy groups -OCH3 is 1. The average molecular weight is 394 g/mol. The highest BCUT2D eigenvalue weighted by Gasteiger charge is 2.17. The number of thioether (sulfide) groups is 1. The number of rotatable bonds is 10. The minimum atomic E-state index is -0.143. The van der Waals surface area contributed by atoms with Crippen molar-refractivity contribution >= 4 is 29.3 Å². The second kappa shape index (κ2) is 10.8. The predicted molar refractivity (Wildman–Crippen MR) is 101 cm³/mol. The minimum absolute atomic E-state index is 0.143. The molecular weight excluding hydrogens is 374 g/mol. The van der Waals surface area contributed by atoms with Crippen LogP contribution in [0.5, 0.6) is 0 Å². The van der Waals surface area contributed by atoms with Crippen LogP contribution < -0.4 is 5.32 Å². The number of nitriles is 1. The smallest absolute Gasteiger partial charge is 0.230 e. The van der Waals surface area contributed by atoms with Crippen LogP contribution in [0.25, 0.3) is 11.4 Å². The highest BCUT2D eigenvalue weighted by atomic mass is 35.5. The molecule has 0 aliphatic carbocycles. The number of carbonyl (C=O) groups excluding carboxylic acids is 1. The molecule has 9 heteroatoms.